The number of thiocarbonyl (C=S) groups is 1. The number of carbonyl (C=O) groups excluding carboxylic acids is 1. The number of aliphatic hydroxyl groups excluding tert-OH is 1. The Morgan fingerprint density at radius 1 is 1.04 bits per heavy atom. The molecule has 0 aliphatic carbocycles. The van der Waals surface area contributed by atoms with Crippen LogP contribution in [0.5, 0.6) is 0 Å². The normalized spacial score (nSPS) is 10.7. The second kappa shape index (κ2) is 8.93. The van der Waals surface area contributed by atoms with Crippen molar-refractivity contribution in [2.24, 2.45) is 0 Å². The summed E-state index contributed by atoms with van der Waals surface area (Å²) >= 11 is 5.17. The van der Waals surface area contributed by atoms with Crippen molar-refractivity contribution < 1.29 is 14.3 Å². The van der Waals surface area contributed by atoms with E-state index >= 15 is 0 Å². The van der Waals surface area contributed by atoms with Gasteiger partial charge >= 0.3 is 0 Å². The number of amides is 1. The highest BCUT2D eigenvalue weighted by Gasteiger charge is 2.05. The lowest BCUT2D eigenvalue weighted by Gasteiger charge is -2.08. The first-order chi connectivity index (χ1) is 13.1. The van der Waals surface area contributed by atoms with Crippen LogP contribution >= 0.6 is 12.2 Å². The van der Waals surface area contributed by atoms with Crippen molar-refractivity contribution in [2.75, 3.05) is 5.32 Å². The van der Waals surface area contributed by atoms with Crippen LogP contribution in [0.4, 0.5) is 5.69 Å². The van der Waals surface area contributed by atoms with Gasteiger partial charge in [-0.15, -0.1) is 0 Å². The number of carbonyl (C=O) groups is 1. The Hall–Kier alpha value is -3.22. The van der Waals surface area contributed by atoms with E-state index in [9.17, 15) is 4.79 Å². The van der Waals surface area contributed by atoms with Crippen LogP contribution in [0.15, 0.2) is 77.2 Å². The molecule has 0 unspecified atom stereocenters. The number of anilines is 1. The van der Waals surface area contributed by atoms with E-state index in [-0.39, 0.29) is 17.6 Å². The topological polar surface area (TPSA) is 74.5 Å². The van der Waals surface area contributed by atoms with Gasteiger partial charge in [0.15, 0.2) is 5.11 Å². The molecule has 1 heterocycles. The monoisotopic (exact) mass is 378 g/mol. The van der Waals surface area contributed by atoms with E-state index < -0.39 is 0 Å². The molecule has 3 aromatic rings. The van der Waals surface area contributed by atoms with Gasteiger partial charge < -0.3 is 14.8 Å². The first-order valence-electron chi connectivity index (χ1n) is 8.29. The van der Waals surface area contributed by atoms with Gasteiger partial charge in [0.2, 0.25) is 5.91 Å². The standard InChI is InChI=1S/C21H18N2O3S/c24-14-18-11-12-19(26-18)16-7-9-17(10-8-16)22-21(27)23-20(25)13-6-15-4-2-1-3-5-15/h1-13,24H,14H2,(H2,22,23,25,27)/b13-6+. The van der Waals surface area contributed by atoms with Gasteiger partial charge in [-0.25, -0.2) is 0 Å². The molecule has 0 aliphatic rings. The Kier molecular flexibility index (Phi) is 6.14. The maximum atomic E-state index is 11.9. The molecular weight excluding hydrogens is 360 g/mol. The van der Waals surface area contributed by atoms with Crippen molar-refractivity contribution in [1.82, 2.24) is 5.32 Å². The summed E-state index contributed by atoms with van der Waals surface area (Å²) in [4.78, 5) is 11.9. The Morgan fingerprint density at radius 2 is 1.78 bits per heavy atom. The number of hydrogen-bond donors (Lipinski definition) is 3. The van der Waals surface area contributed by atoms with Gasteiger partial charge in [0.25, 0.3) is 0 Å². The molecule has 0 bridgehead atoms. The smallest absolute Gasteiger partial charge is 0.250 e. The van der Waals surface area contributed by atoms with E-state index in [2.05, 4.69) is 10.6 Å². The highest BCUT2D eigenvalue weighted by Crippen LogP contribution is 2.23. The summed E-state index contributed by atoms with van der Waals surface area (Å²) in [5.41, 5.74) is 2.55. The summed E-state index contributed by atoms with van der Waals surface area (Å²) < 4.78 is 5.50. The molecule has 0 saturated carbocycles. The molecule has 1 amide bonds. The van der Waals surface area contributed by atoms with Crippen LogP contribution in [0.1, 0.15) is 11.3 Å². The van der Waals surface area contributed by atoms with E-state index in [0.29, 0.717) is 11.5 Å². The quantitative estimate of drug-likeness (QED) is 0.463. The Labute approximate surface area is 162 Å². The number of rotatable bonds is 5. The predicted octanol–water partition coefficient (Wildman–Crippen LogP) is 3.97. The first-order valence-corrected chi connectivity index (χ1v) is 8.70. The molecule has 5 nitrogen and oxygen atoms in total. The van der Waals surface area contributed by atoms with E-state index in [1.54, 1.807) is 18.2 Å². The van der Waals surface area contributed by atoms with Crippen LogP contribution < -0.4 is 10.6 Å². The fraction of sp³-hybridized carbons (Fsp3) is 0.0476. The number of furan rings is 1. The lowest BCUT2D eigenvalue weighted by molar-refractivity contribution is -0.115. The zero-order valence-electron chi connectivity index (χ0n) is 14.4. The third-order valence-electron chi connectivity index (χ3n) is 3.71. The van der Waals surface area contributed by atoms with Crippen molar-refractivity contribution in [2.45, 2.75) is 6.61 Å². The summed E-state index contributed by atoms with van der Waals surface area (Å²) in [7, 11) is 0. The SMILES string of the molecule is O=C(/C=C/c1ccccc1)NC(=S)Nc1ccc(-c2ccc(CO)o2)cc1. The number of hydrogen-bond acceptors (Lipinski definition) is 4. The average Bonchev–Trinajstić information content (AvgIpc) is 3.17. The van der Waals surface area contributed by atoms with E-state index in [1.165, 1.54) is 6.08 Å². The van der Waals surface area contributed by atoms with Crippen molar-refractivity contribution >= 4 is 35.0 Å². The third-order valence-corrected chi connectivity index (χ3v) is 3.91. The van der Waals surface area contributed by atoms with Gasteiger partial charge in [-0.05, 0) is 60.3 Å². The maximum Gasteiger partial charge on any atom is 0.250 e. The van der Waals surface area contributed by atoms with Crippen LogP contribution in [-0.4, -0.2) is 16.1 Å². The van der Waals surface area contributed by atoms with E-state index in [4.69, 9.17) is 21.7 Å². The predicted molar refractivity (Wildman–Crippen MR) is 110 cm³/mol. The molecule has 0 fully saturated rings. The molecule has 1 aromatic heterocycles. The second-order valence-electron chi connectivity index (χ2n) is 5.69. The van der Waals surface area contributed by atoms with Crippen LogP contribution in [0.3, 0.4) is 0 Å². The second-order valence-corrected chi connectivity index (χ2v) is 6.10. The zero-order chi connectivity index (χ0) is 19.1. The zero-order valence-corrected chi connectivity index (χ0v) is 15.2. The minimum Gasteiger partial charge on any atom is -0.459 e. The molecule has 6 heteroatoms. The van der Waals surface area contributed by atoms with E-state index in [0.717, 1.165) is 16.8 Å². The number of nitrogens with one attached hydrogen (secondary N) is 2. The van der Waals surface area contributed by atoms with Crippen molar-refractivity contribution in [1.29, 1.82) is 0 Å². The highest BCUT2D eigenvalue weighted by molar-refractivity contribution is 7.80. The van der Waals surface area contributed by atoms with Gasteiger partial charge in [0, 0.05) is 17.3 Å². The van der Waals surface area contributed by atoms with Gasteiger partial charge in [-0.1, -0.05) is 30.3 Å². The molecule has 2 aromatic carbocycles. The summed E-state index contributed by atoms with van der Waals surface area (Å²) in [6.45, 7) is -0.133. The maximum absolute atomic E-state index is 11.9. The highest BCUT2D eigenvalue weighted by atomic mass is 32.1. The Balaban J connectivity index is 1.54. The molecule has 0 aliphatic heterocycles. The Bertz CT molecular complexity index is 947. The molecule has 0 atom stereocenters. The fourth-order valence-corrected chi connectivity index (χ4v) is 2.61. The molecule has 136 valence electrons. The van der Waals surface area contributed by atoms with Crippen LogP contribution in [-0.2, 0) is 11.4 Å². The molecule has 0 radical (unpaired) electrons. The lowest BCUT2D eigenvalue weighted by Crippen LogP contribution is -2.32. The van der Waals surface area contributed by atoms with Gasteiger partial charge in [-0.2, -0.15) is 0 Å². The molecule has 0 spiro atoms. The first kappa shape index (κ1) is 18.6. The number of benzene rings is 2. The molecule has 3 rings (SSSR count). The van der Waals surface area contributed by atoms with Gasteiger partial charge in [0.05, 0.1) is 0 Å². The molecule has 0 saturated heterocycles. The summed E-state index contributed by atoms with van der Waals surface area (Å²) in [5, 5.41) is 14.8. The summed E-state index contributed by atoms with van der Waals surface area (Å²) in [5.74, 6) is 0.882. The van der Waals surface area contributed by atoms with Gasteiger partial charge in [-0.3, -0.25) is 10.1 Å². The minimum atomic E-state index is -0.305. The largest absolute Gasteiger partial charge is 0.459 e. The van der Waals surface area contributed by atoms with Crippen LogP contribution in [0.2, 0.25) is 0 Å². The number of aliphatic hydroxyl groups is 1. The van der Waals surface area contributed by atoms with Crippen molar-refractivity contribution in [3.05, 3.63) is 84.1 Å². The lowest BCUT2D eigenvalue weighted by atomic mass is 10.1. The molecule has 27 heavy (non-hydrogen) atoms. The fourth-order valence-electron chi connectivity index (χ4n) is 2.39. The third kappa shape index (κ3) is 5.37. The Morgan fingerprint density at radius 3 is 2.44 bits per heavy atom. The van der Waals surface area contributed by atoms with Crippen molar-refractivity contribution in [3.8, 4) is 11.3 Å². The van der Waals surface area contributed by atoms with Crippen molar-refractivity contribution in [3.63, 3.8) is 0 Å². The molecular formula is C21H18N2O3S. The minimum absolute atomic E-state index is 0.133. The summed E-state index contributed by atoms with van der Waals surface area (Å²) in [6.07, 6.45) is 3.15. The van der Waals surface area contributed by atoms with Crippen LogP contribution in [0, 0.1) is 0 Å². The van der Waals surface area contributed by atoms with Gasteiger partial charge in [0.1, 0.15) is 18.1 Å². The average molecular weight is 378 g/mol. The summed E-state index contributed by atoms with van der Waals surface area (Å²) in [6, 6.07) is 20.5. The van der Waals surface area contributed by atoms with Crippen LogP contribution in [0.25, 0.3) is 17.4 Å². The van der Waals surface area contributed by atoms with E-state index in [1.807, 2.05) is 54.6 Å². The molecule has 3 N–H and O–H groups in total.